The van der Waals surface area contributed by atoms with E-state index in [4.69, 9.17) is 4.52 Å². The van der Waals surface area contributed by atoms with Crippen LogP contribution >= 0.6 is 24.0 Å². The molecule has 0 aromatic carbocycles. The first kappa shape index (κ1) is 25.2. The lowest BCUT2D eigenvalue weighted by molar-refractivity contribution is 0.231. The molecule has 0 aliphatic carbocycles. The highest BCUT2D eigenvalue weighted by Gasteiger charge is 2.13. The van der Waals surface area contributed by atoms with Crippen molar-refractivity contribution in [1.82, 2.24) is 20.7 Å². The summed E-state index contributed by atoms with van der Waals surface area (Å²) in [6.45, 7) is 17.4. The molecule has 1 unspecified atom stereocenters. The number of nitrogens with one attached hydrogen (secondary N) is 2. The molecule has 1 rings (SSSR count). The van der Waals surface area contributed by atoms with Gasteiger partial charge in [-0.3, -0.25) is 4.90 Å². The number of rotatable bonds is 11. The van der Waals surface area contributed by atoms with E-state index in [2.05, 4.69) is 67.2 Å². The van der Waals surface area contributed by atoms with Crippen LogP contribution in [0.1, 0.15) is 71.8 Å². The van der Waals surface area contributed by atoms with Gasteiger partial charge in [-0.15, -0.1) is 24.0 Å². The first-order valence-electron chi connectivity index (χ1n) is 9.81. The van der Waals surface area contributed by atoms with Crippen molar-refractivity contribution in [2.75, 3.05) is 26.2 Å². The maximum atomic E-state index is 5.46. The van der Waals surface area contributed by atoms with Crippen molar-refractivity contribution < 1.29 is 4.52 Å². The zero-order valence-electron chi connectivity index (χ0n) is 17.3. The third-order valence-electron chi connectivity index (χ3n) is 4.72. The molecule has 1 heterocycles. The van der Waals surface area contributed by atoms with Crippen LogP contribution < -0.4 is 10.6 Å². The molecule has 0 aliphatic rings. The molecule has 0 aliphatic heterocycles. The fourth-order valence-corrected chi connectivity index (χ4v) is 3.02. The third-order valence-corrected chi connectivity index (χ3v) is 4.72. The highest BCUT2D eigenvalue weighted by molar-refractivity contribution is 14.0. The Bertz CT molecular complexity index is 498. The molecule has 2 N–H and O–H groups in total. The molecule has 7 heteroatoms. The smallest absolute Gasteiger partial charge is 0.191 e. The fourth-order valence-electron chi connectivity index (χ4n) is 3.02. The second kappa shape index (κ2) is 14.3. The van der Waals surface area contributed by atoms with E-state index in [9.17, 15) is 0 Å². The van der Waals surface area contributed by atoms with Crippen LogP contribution in [0.3, 0.4) is 0 Å². The quantitative estimate of drug-likeness (QED) is 0.286. The summed E-state index contributed by atoms with van der Waals surface area (Å²) >= 11 is 0. The van der Waals surface area contributed by atoms with Gasteiger partial charge in [-0.05, 0) is 39.8 Å². The molecule has 6 nitrogen and oxygen atoms in total. The number of aromatic nitrogens is 1. The van der Waals surface area contributed by atoms with Gasteiger partial charge in [-0.25, -0.2) is 4.99 Å². The molecule has 1 atom stereocenters. The first-order valence-corrected chi connectivity index (χ1v) is 9.81. The van der Waals surface area contributed by atoms with E-state index in [-0.39, 0.29) is 24.0 Å². The molecule has 0 spiro atoms. The first-order chi connectivity index (χ1) is 12.1. The summed E-state index contributed by atoms with van der Waals surface area (Å²) in [5.41, 5.74) is 1.04. The molecule has 0 saturated carbocycles. The SMILES string of the molecule is CCNC(=NCc1cc(C(CC)CC)no1)NCC(C)N(CC)CC.I. The lowest BCUT2D eigenvalue weighted by Gasteiger charge is -2.27. The minimum Gasteiger partial charge on any atom is -0.359 e. The van der Waals surface area contributed by atoms with E-state index in [1.54, 1.807) is 0 Å². The molecule has 1 aromatic heterocycles. The van der Waals surface area contributed by atoms with Gasteiger partial charge >= 0.3 is 0 Å². The number of aliphatic imine (C=N–C) groups is 1. The van der Waals surface area contributed by atoms with Gasteiger partial charge in [0.05, 0.1) is 5.69 Å². The van der Waals surface area contributed by atoms with E-state index < -0.39 is 0 Å². The number of halogens is 1. The molecule has 0 fully saturated rings. The Hall–Kier alpha value is -0.830. The van der Waals surface area contributed by atoms with E-state index in [1.165, 1.54) is 0 Å². The van der Waals surface area contributed by atoms with E-state index in [0.29, 0.717) is 18.5 Å². The number of hydrogen-bond acceptors (Lipinski definition) is 4. The van der Waals surface area contributed by atoms with E-state index >= 15 is 0 Å². The van der Waals surface area contributed by atoms with Gasteiger partial charge in [0.1, 0.15) is 6.54 Å². The van der Waals surface area contributed by atoms with Crippen molar-refractivity contribution in [3.63, 3.8) is 0 Å². The van der Waals surface area contributed by atoms with Gasteiger partial charge in [0.15, 0.2) is 11.7 Å². The summed E-state index contributed by atoms with van der Waals surface area (Å²) in [5, 5.41) is 10.9. The van der Waals surface area contributed by atoms with Crippen LogP contribution in [0.5, 0.6) is 0 Å². The predicted octanol–water partition coefficient (Wildman–Crippen LogP) is 3.98. The second-order valence-corrected chi connectivity index (χ2v) is 6.38. The Morgan fingerprint density at radius 3 is 2.35 bits per heavy atom. The largest absolute Gasteiger partial charge is 0.359 e. The monoisotopic (exact) mass is 479 g/mol. The van der Waals surface area contributed by atoms with Gasteiger partial charge in [-0.1, -0.05) is 32.9 Å². The molecule has 0 saturated heterocycles. The van der Waals surface area contributed by atoms with Gasteiger partial charge < -0.3 is 15.2 Å². The second-order valence-electron chi connectivity index (χ2n) is 6.38. The summed E-state index contributed by atoms with van der Waals surface area (Å²) in [7, 11) is 0. The average Bonchev–Trinajstić information content (AvgIpc) is 3.08. The summed E-state index contributed by atoms with van der Waals surface area (Å²) in [6.07, 6.45) is 2.17. The number of nitrogens with zero attached hydrogens (tertiary/aromatic N) is 3. The maximum absolute atomic E-state index is 5.46. The zero-order valence-corrected chi connectivity index (χ0v) is 19.7. The standard InChI is InChI=1S/C19H37N5O.HI/c1-7-16(8-2)18-12-17(25-23-18)14-22-19(20-9-3)21-13-15(6)24(10-4)11-5;/h12,15-16H,7-11,13-14H2,1-6H3,(H2,20,21,22);1H. The molecular weight excluding hydrogens is 441 g/mol. The fraction of sp³-hybridized carbons (Fsp3) is 0.789. The Labute approximate surface area is 176 Å². The van der Waals surface area contributed by atoms with Crippen molar-refractivity contribution >= 4 is 29.9 Å². The van der Waals surface area contributed by atoms with Crippen LogP contribution in [0, 0.1) is 0 Å². The minimum absolute atomic E-state index is 0. The van der Waals surface area contributed by atoms with Crippen LogP contribution in [0.25, 0.3) is 0 Å². The minimum atomic E-state index is 0. The van der Waals surface area contributed by atoms with E-state index in [1.807, 2.05) is 6.07 Å². The Kier molecular flexibility index (Phi) is 13.8. The summed E-state index contributed by atoms with van der Waals surface area (Å²) < 4.78 is 5.46. The van der Waals surface area contributed by atoms with Gasteiger partial charge in [0.25, 0.3) is 0 Å². The Balaban J connectivity index is 0.00000625. The predicted molar refractivity (Wildman–Crippen MR) is 120 cm³/mol. The van der Waals surface area contributed by atoms with Crippen LogP contribution in [0.15, 0.2) is 15.6 Å². The molecule has 0 radical (unpaired) electrons. The van der Waals surface area contributed by atoms with E-state index in [0.717, 1.165) is 56.4 Å². The van der Waals surface area contributed by atoms with Crippen molar-refractivity contribution in [2.24, 2.45) is 4.99 Å². The highest BCUT2D eigenvalue weighted by atomic mass is 127. The van der Waals surface area contributed by atoms with Crippen LogP contribution in [-0.2, 0) is 6.54 Å². The normalized spacial score (nSPS) is 13.0. The van der Waals surface area contributed by atoms with Crippen molar-refractivity contribution in [3.05, 3.63) is 17.5 Å². The van der Waals surface area contributed by atoms with Crippen LogP contribution in [0.2, 0.25) is 0 Å². The molecule has 0 bridgehead atoms. The molecule has 152 valence electrons. The summed E-state index contributed by atoms with van der Waals surface area (Å²) in [4.78, 5) is 7.06. The maximum Gasteiger partial charge on any atom is 0.191 e. The van der Waals surface area contributed by atoms with Gasteiger partial charge in [0.2, 0.25) is 0 Å². The van der Waals surface area contributed by atoms with Crippen molar-refractivity contribution in [3.8, 4) is 0 Å². The number of hydrogen-bond donors (Lipinski definition) is 2. The van der Waals surface area contributed by atoms with Crippen LogP contribution in [-0.4, -0.2) is 48.2 Å². The number of likely N-dealkylation sites (N-methyl/N-ethyl adjacent to an activating group) is 1. The van der Waals surface area contributed by atoms with Crippen molar-refractivity contribution in [2.45, 2.75) is 72.9 Å². The Morgan fingerprint density at radius 1 is 1.15 bits per heavy atom. The zero-order chi connectivity index (χ0) is 18.7. The number of guanidine groups is 1. The highest BCUT2D eigenvalue weighted by Crippen LogP contribution is 2.22. The topological polar surface area (TPSA) is 65.7 Å². The molecular formula is C19H38IN5O. The summed E-state index contributed by atoms with van der Waals surface area (Å²) in [6, 6.07) is 2.51. The molecule has 0 amide bonds. The average molecular weight is 479 g/mol. The lowest BCUT2D eigenvalue weighted by atomic mass is 9.99. The van der Waals surface area contributed by atoms with Gasteiger partial charge in [0, 0.05) is 31.1 Å². The van der Waals surface area contributed by atoms with Crippen molar-refractivity contribution in [1.29, 1.82) is 0 Å². The lowest BCUT2D eigenvalue weighted by Crippen LogP contribution is -2.45. The molecule has 1 aromatic rings. The third kappa shape index (κ3) is 8.24. The molecule has 26 heavy (non-hydrogen) atoms. The summed E-state index contributed by atoms with van der Waals surface area (Å²) in [5.74, 6) is 2.11. The van der Waals surface area contributed by atoms with Crippen LogP contribution in [0.4, 0.5) is 0 Å². The van der Waals surface area contributed by atoms with Gasteiger partial charge in [-0.2, -0.15) is 0 Å². The Morgan fingerprint density at radius 2 is 1.81 bits per heavy atom.